The summed E-state index contributed by atoms with van der Waals surface area (Å²) >= 11 is 3.55. The lowest BCUT2D eigenvalue weighted by molar-refractivity contribution is 0.704. The van der Waals surface area contributed by atoms with Crippen molar-refractivity contribution in [2.75, 3.05) is 0 Å². The van der Waals surface area contributed by atoms with Crippen molar-refractivity contribution in [1.29, 1.82) is 0 Å². The molecule has 0 aliphatic rings. The quantitative estimate of drug-likeness (QED) is 0.846. The van der Waals surface area contributed by atoms with Gasteiger partial charge in [0, 0.05) is 27.6 Å². The molecule has 1 aromatic carbocycles. The summed E-state index contributed by atoms with van der Waals surface area (Å²) in [5.74, 6) is 0. The summed E-state index contributed by atoms with van der Waals surface area (Å²) in [6.45, 7) is 2.10. The van der Waals surface area contributed by atoms with Crippen molar-refractivity contribution in [2.24, 2.45) is 5.73 Å². The molecular formula is C11H13BrN2. The van der Waals surface area contributed by atoms with Crippen molar-refractivity contribution in [3.8, 4) is 0 Å². The van der Waals surface area contributed by atoms with Gasteiger partial charge in [0.15, 0.2) is 0 Å². The maximum atomic E-state index is 6.03. The zero-order valence-corrected chi connectivity index (χ0v) is 9.64. The SMILES string of the molecule is CC[C@@H](N)c1c[nH]c2cccc(Br)c12. The number of aromatic amines is 1. The molecule has 1 heterocycles. The first-order valence-corrected chi connectivity index (χ1v) is 5.54. The Kier molecular flexibility index (Phi) is 2.61. The topological polar surface area (TPSA) is 41.8 Å². The molecule has 0 radical (unpaired) electrons. The van der Waals surface area contributed by atoms with E-state index in [1.54, 1.807) is 0 Å². The molecule has 0 fully saturated rings. The van der Waals surface area contributed by atoms with Gasteiger partial charge in [-0.05, 0) is 24.1 Å². The van der Waals surface area contributed by atoms with Crippen LogP contribution in [0.25, 0.3) is 10.9 Å². The second-order valence-corrected chi connectivity index (χ2v) is 4.28. The number of aromatic nitrogens is 1. The standard InChI is InChI=1S/C11H13BrN2/c1-2-9(13)7-6-14-10-5-3-4-8(12)11(7)10/h3-6,9,14H,2,13H2,1H3/t9-/m1/s1. The molecule has 0 saturated carbocycles. The van der Waals surface area contributed by atoms with Crippen molar-refractivity contribution in [3.63, 3.8) is 0 Å². The highest BCUT2D eigenvalue weighted by molar-refractivity contribution is 9.10. The third-order valence-electron chi connectivity index (χ3n) is 2.52. The second kappa shape index (κ2) is 3.75. The average molecular weight is 253 g/mol. The summed E-state index contributed by atoms with van der Waals surface area (Å²) in [4.78, 5) is 3.23. The first kappa shape index (κ1) is 9.74. The van der Waals surface area contributed by atoms with Crippen molar-refractivity contribution < 1.29 is 0 Å². The molecule has 0 saturated heterocycles. The Morgan fingerprint density at radius 1 is 1.50 bits per heavy atom. The number of halogens is 1. The van der Waals surface area contributed by atoms with Crippen LogP contribution >= 0.6 is 15.9 Å². The Hall–Kier alpha value is -0.800. The molecule has 0 amide bonds. The van der Waals surface area contributed by atoms with Crippen molar-refractivity contribution in [3.05, 3.63) is 34.4 Å². The molecule has 1 atom stereocenters. The van der Waals surface area contributed by atoms with E-state index in [1.807, 2.05) is 18.3 Å². The maximum Gasteiger partial charge on any atom is 0.0468 e. The Balaban J connectivity index is 2.67. The van der Waals surface area contributed by atoms with Crippen LogP contribution in [0.15, 0.2) is 28.9 Å². The number of fused-ring (bicyclic) bond motifs is 1. The lowest BCUT2D eigenvalue weighted by Crippen LogP contribution is -2.07. The van der Waals surface area contributed by atoms with E-state index in [1.165, 1.54) is 10.9 Å². The minimum atomic E-state index is 0.113. The number of H-pyrrole nitrogens is 1. The summed E-state index contributed by atoms with van der Waals surface area (Å²) < 4.78 is 1.11. The summed E-state index contributed by atoms with van der Waals surface area (Å²) in [5.41, 5.74) is 8.36. The molecule has 0 aliphatic heterocycles. The summed E-state index contributed by atoms with van der Waals surface area (Å²) in [6, 6.07) is 6.24. The third kappa shape index (κ3) is 1.47. The predicted molar refractivity (Wildman–Crippen MR) is 63.2 cm³/mol. The number of hydrogen-bond donors (Lipinski definition) is 2. The normalized spacial score (nSPS) is 13.4. The zero-order chi connectivity index (χ0) is 10.1. The lowest BCUT2D eigenvalue weighted by atomic mass is 10.0. The van der Waals surface area contributed by atoms with Crippen LogP contribution in [0.5, 0.6) is 0 Å². The first-order valence-electron chi connectivity index (χ1n) is 4.75. The number of rotatable bonds is 2. The Labute approximate surface area is 91.6 Å². The van der Waals surface area contributed by atoms with E-state index in [0.717, 1.165) is 16.4 Å². The maximum absolute atomic E-state index is 6.03. The van der Waals surface area contributed by atoms with Crippen molar-refractivity contribution in [1.82, 2.24) is 4.98 Å². The Bertz CT molecular complexity index is 447. The fourth-order valence-electron chi connectivity index (χ4n) is 1.68. The van der Waals surface area contributed by atoms with Gasteiger partial charge in [-0.3, -0.25) is 0 Å². The molecule has 2 aromatic rings. The Morgan fingerprint density at radius 3 is 3.00 bits per heavy atom. The van der Waals surface area contributed by atoms with Crippen molar-refractivity contribution >= 4 is 26.8 Å². The second-order valence-electron chi connectivity index (χ2n) is 3.42. The predicted octanol–water partition coefficient (Wildman–Crippen LogP) is 3.34. The van der Waals surface area contributed by atoms with Crippen LogP contribution < -0.4 is 5.73 Å². The molecule has 74 valence electrons. The van der Waals surface area contributed by atoms with E-state index in [4.69, 9.17) is 5.73 Å². The van der Waals surface area contributed by atoms with E-state index >= 15 is 0 Å². The van der Waals surface area contributed by atoms with Gasteiger partial charge in [-0.2, -0.15) is 0 Å². The van der Waals surface area contributed by atoms with E-state index in [-0.39, 0.29) is 6.04 Å². The number of hydrogen-bond acceptors (Lipinski definition) is 1. The van der Waals surface area contributed by atoms with Crippen LogP contribution in [0.1, 0.15) is 24.9 Å². The van der Waals surface area contributed by atoms with Gasteiger partial charge in [0.25, 0.3) is 0 Å². The van der Waals surface area contributed by atoms with E-state index in [9.17, 15) is 0 Å². The van der Waals surface area contributed by atoms with E-state index < -0.39 is 0 Å². The first-order chi connectivity index (χ1) is 6.74. The largest absolute Gasteiger partial charge is 0.361 e. The Morgan fingerprint density at radius 2 is 2.29 bits per heavy atom. The smallest absolute Gasteiger partial charge is 0.0468 e. The number of nitrogens with two attached hydrogens (primary N) is 1. The lowest BCUT2D eigenvalue weighted by Gasteiger charge is -2.07. The molecule has 2 rings (SSSR count). The monoisotopic (exact) mass is 252 g/mol. The van der Waals surface area contributed by atoms with Crippen LogP contribution in [0.4, 0.5) is 0 Å². The summed E-state index contributed by atoms with van der Waals surface area (Å²) in [5, 5.41) is 1.21. The van der Waals surface area contributed by atoms with Gasteiger partial charge in [-0.1, -0.05) is 28.9 Å². The molecule has 14 heavy (non-hydrogen) atoms. The van der Waals surface area contributed by atoms with Crippen molar-refractivity contribution in [2.45, 2.75) is 19.4 Å². The van der Waals surface area contributed by atoms with Gasteiger partial charge in [-0.15, -0.1) is 0 Å². The molecule has 3 heteroatoms. The van der Waals surface area contributed by atoms with Crippen LogP contribution in [0.2, 0.25) is 0 Å². The van der Waals surface area contributed by atoms with E-state index in [0.29, 0.717) is 0 Å². The van der Waals surface area contributed by atoms with Crippen LogP contribution in [0.3, 0.4) is 0 Å². The van der Waals surface area contributed by atoms with Gasteiger partial charge in [0.1, 0.15) is 0 Å². The molecule has 1 aromatic heterocycles. The fourth-order valence-corrected chi connectivity index (χ4v) is 2.27. The molecule has 3 N–H and O–H groups in total. The number of nitrogens with one attached hydrogen (secondary N) is 1. The van der Waals surface area contributed by atoms with Crippen LogP contribution in [-0.2, 0) is 0 Å². The molecule has 0 aliphatic carbocycles. The number of benzene rings is 1. The highest BCUT2D eigenvalue weighted by Crippen LogP contribution is 2.30. The van der Waals surface area contributed by atoms with Gasteiger partial charge in [0.2, 0.25) is 0 Å². The molecule has 2 nitrogen and oxygen atoms in total. The van der Waals surface area contributed by atoms with E-state index in [2.05, 4.69) is 33.9 Å². The fraction of sp³-hybridized carbons (Fsp3) is 0.273. The van der Waals surface area contributed by atoms with Gasteiger partial charge in [-0.25, -0.2) is 0 Å². The van der Waals surface area contributed by atoms with Gasteiger partial charge >= 0.3 is 0 Å². The van der Waals surface area contributed by atoms with Crippen LogP contribution in [-0.4, -0.2) is 4.98 Å². The molecule has 0 bridgehead atoms. The highest BCUT2D eigenvalue weighted by Gasteiger charge is 2.11. The summed E-state index contributed by atoms with van der Waals surface area (Å²) in [7, 11) is 0. The molecule has 0 spiro atoms. The van der Waals surface area contributed by atoms with Gasteiger partial charge < -0.3 is 10.7 Å². The van der Waals surface area contributed by atoms with Crippen LogP contribution in [0, 0.1) is 0 Å². The summed E-state index contributed by atoms with van der Waals surface area (Å²) in [6.07, 6.45) is 2.96. The third-order valence-corrected chi connectivity index (χ3v) is 3.19. The minimum absolute atomic E-state index is 0.113. The highest BCUT2D eigenvalue weighted by atomic mass is 79.9. The minimum Gasteiger partial charge on any atom is -0.361 e. The molecular weight excluding hydrogens is 240 g/mol. The van der Waals surface area contributed by atoms with Gasteiger partial charge in [0.05, 0.1) is 0 Å². The zero-order valence-electron chi connectivity index (χ0n) is 8.05. The average Bonchev–Trinajstić information content (AvgIpc) is 2.62. The molecule has 0 unspecified atom stereocenters.